The smallest absolute Gasteiger partial charge is 0.0471 e. The molecule has 0 bridgehead atoms. The van der Waals surface area contributed by atoms with E-state index in [-0.39, 0.29) is 6.61 Å². The standard InChI is InChI=1S/C8H16BrNO/c1-6(5-11)8(3)10-4-7(2)9/h6,8,10-11H,2,4-5H2,1,3H3. The molecule has 0 amide bonds. The molecule has 0 saturated heterocycles. The zero-order valence-electron chi connectivity index (χ0n) is 7.10. The van der Waals surface area contributed by atoms with Gasteiger partial charge in [0, 0.05) is 23.7 Å². The van der Waals surface area contributed by atoms with Gasteiger partial charge >= 0.3 is 0 Å². The number of hydrogen-bond donors (Lipinski definition) is 2. The fourth-order valence-electron chi connectivity index (χ4n) is 0.631. The highest BCUT2D eigenvalue weighted by molar-refractivity contribution is 9.11. The highest BCUT2D eigenvalue weighted by atomic mass is 79.9. The normalized spacial score (nSPS) is 16.0. The van der Waals surface area contributed by atoms with Crippen molar-refractivity contribution >= 4 is 15.9 Å². The van der Waals surface area contributed by atoms with E-state index in [4.69, 9.17) is 5.11 Å². The summed E-state index contributed by atoms with van der Waals surface area (Å²) in [5.74, 6) is 0.293. The first-order valence-corrected chi connectivity index (χ1v) is 4.54. The molecular weight excluding hydrogens is 206 g/mol. The van der Waals surface area contributed by atoms with Crippen molar-refractivity contribution in [1.29, 1.82) is 0 Å². The van der Waals surface area contributed by atoms with Crippen LogP contribution in [0.5, 0.6) is 0 Å². The van der Waals surface area contributed by atoms with Crippen molar-refractivity contribution < 1.29 is 5.11 Å². The van der Waals surface area contributed by atoms with Crippen LogP contribution in [0, 0.1) is 5.92 Å². The minimum Gasteiger partial charge on any atom is -0.396 e. The average Bonchev–Trinajstić information content (AvgIpc) is 1.98. The quantitative estimate of drug-likeness (QED) is 0.738. The van der Waals surface area contributed by atoms with Crippen LogP contribution in [0.2, 0.25) is 0 Å². The maximum Gasteiger partial charge on any atom is 0.0471 e. The first-order valence-electron chi connectivity index (χ1n) is 3.75. The van der Waals surface area contributed by atoms with Crippen molar-refractivity contribution in [3.63, 3.8) is 0 Å². The Kier molecular flexibility index (Phi) is 5.82. The minimum atomic E-state index is 0.225. The Morgan fingerprint density at radius 1 is 1.64 bits per heavy atom. The second kappa shape index (κ2) is 5.75. The fraction of sp³-hybridized carbons (Fsp3) is 0.750. The first-order chi connectivity index (χ1) is 5.07. The van der Waals surface area contributed by atoms with Gasteiger partial charge in [-0.25, -0.2) is 0 Å². The summed E-state index contributed by atoms with van der Waals surface area (Å²) in [6, 6.07) is 0.328. The van der Waals surface area contributed by atoms with Gasteiger partial charge in [-0.2, -0.15) is 0 Å². The Bertz CT molecular complexity index is 127. The molecule has 0 fully saturated rings. The van der Waals surface area contributed by atoms with Crippen molar-refractivity contribution in [3.8, 4) is 0 Å². The average molecular weight is 222 g/mol. The molecule has 0 aromatic rings. The molecule has 0 aromatic carbocycles. The summed E-state index contributed by atoms with van der Waals surface area (Å²) in [6.07, 6.45) is 0. The highest BCUT2D eigenvalue weighted by Crippen LogP contribution is 2.03. The van der Waals surface area contributed by atoms with Crippen molar-refractivity contribution in [2.24, 2.45) is 5.92 Å². The molecule has 0 saturated carbocycles. The van der Waals surface area contributed by atoms with Gasteiger partial charge in [-0.15, -0.1) is 0 Å². The maximum atomic E-state index is 8.80. The van der Waals surface area contributed by atoms with E-state index in [0.717, 1.165) is 11.0 Å². The lowest BCUT2D eigenvalue weighted by atomic mass is 10.1. The second-order valence-corrected chi connectivity index (χ2v) is 3.97. The largest absolute Gasteiger partial charge is 0.396 e. The summed E-state index contributed by atoms with van der Waals surface area (Å²) in [6.45, 7) is 8.75. The Labute approximate surface area is 76.8 Å². The van der Waals surface area contributed by atoms with Crippen LogP contribution in [-0.4, -0.2) is 24.3 Å². The monoisotopic (exact) mass is 221 g/mol. The number of nitrogens with one attached hydrogen (secondary N) is 1. The van der Waals surface area contributed by atoms with Gasteiger partial charge in [-0.05, 0) is 12.8 Å². The Morgan fingerprint density at radius 2 is 2.18 bits per heavy atom. The van der Waals surface area contributed by atoms with Crippen LogP contribution in [0.25, 0.3) is 0 Å². The molecule has 3 heteroatoms. The molecule has 0 heterocycles. The third-order valence-electron chi connectivity index (χ3n) is 1.76. The molecule has 66 valence electrons. The van der Waals surface area contributed by atoms with Gasteiger partial charge in [0.2, 0.25) is 0 Å². The van der Waals surface area contributed by atoms with Gasteiger partial charge in [-0.1, -0.05) is 29.4 Å². The molecule has 0 rings (SSSR count). The molecule has 0 aliphatic heterocycles. The van der Waals surface area contributed by atoms with Gasteiger partial charge in [0.25, 0.3) is 0 Å². The molecule has 11 heavy (non-hydrogen) atoms. The first kappa shape index (κ1) is 11.1. The second-order valence-electron chi connectivity index (χ2n) is 2.85. The summed E-state index contributed by atoms with van der Waals surface area (Å²) in [5.41, 5.74) is 0. The molecule has 2 N–H and O–H groups in total. The van der Waals surface area contributed by atoms with Gasteiger partial charge in [-0.3, -0.25) is 0 Å². The van der Waals surface area contributed by atoms with Crippen LogP contribution >= 0.6 is 15.9 Å². The van der Waals surface area contributed by atoms with Crippen molar-refractivity contribution in [1.82, 2.24) is 5.32 Å². The van der Waals surface area contributed by atoms with Gasteiger partial charge in [0.1, 0.15) is 0 Å². The maximum absolute atomic E-state index is 8.80. The van der Waals surface area contributed by atoms with E-state index in [9.17, 15) is 0 Å². The predicted molar refractivity (Wildman–Crippen MR) is 51.8 cm³/mol. The van der Waals surface area contributed by atoms with E-state index in [0.29, 0.717) is 12.0 Å². The number of aliphatic hydroxyl groups excluding tert-OH is 1. The van der Waals surface area contributed by atoms with Crippen LogP contribution in [0.1, 0.15) is 13.8 Å². The summed E-state index contributed by atoms with van der Waals surface area (Å²) in [5, 5.41) is 12.0. The van der Waals surface area contributed by atoms with E-state index in [1.807, 2.05) is 6.92 Å². The lowest BCUT2D eigenvalue weighted by molar-refractivity contribution is 0.209. The van der Waals surface area contributed by atoms with Crippen LogP contribution in [-0.2, 0) is 0 Å². The zero-order valence-corrected chi connectivity index (χ0v) is 8.69. The Balaban J connectivity index is 3.51. The highest BCUT2D eigenvalue weighted by Gasteiger charge is 2.09. The SMILES string of the molecule is C=C(Br)CNC(C)C(C)CO. The molecule has 0 aliphatic carbocycles. The van der Waals surface area contributed by atoms with Crippen LogP contribution < -0.4 is 5.32 Å². The number of rotatable bonds is 5. The van der Waals surface area contributed by atoms with Gasteiger partial charge in [0.15, 0.2) is 0 Å². The summed E-state index contributed by atoms with van der Waals surface area (Å²) < 4.78 is 0.939. The molecule has 2 atom stereocenters. The fourth-order valence-corrected chi connectivity index (χ4v) is 0.793. The van der Waals surface area contributed by atoms with Gasteiger partial charge < -0.3 is 10.4 Å². The van der Waals surface area contributed by atoms with E-state index in [1.54, 1.807) is 0 Å². The number of hydrogen-bond acceptors (Lipinski definition) is 2. The number of aliphatic hydroxyl groups is 1. The van der Waals surface area contributed by atoms with Crippen LogP contribution in [0.15, 0.2) is 11.1 Å². The lowest BCUT2D eigenvalue weighted by Crippen LogP contribution is -2.34. The zero-order chi connectivity index (χ0) is 8.85. The summed E-state index contributed by atoms with van der Waals surface area (Å²) in [7, 11) is 0. The minimum absolute atomic E-state index is 0.225. The third kappa shape index (κ3) is 5.41. The number of halogens is 1. The molecule has 0 radical (unpaired) electrons. The summed E-state index contributed by atoms with van der Waals surface area (Å²) >= 11 is 3.25. The predicted octanol–water partition coefficient (Wildman–Crippen LogP) is 1.50. The van der Waals surface area contributed by atoms with E-state index >= 15 is 0 Å². The van der Waals surface area contributed by atoms with Crippen molar-refractivity contribution in [2.45, 2.75) is 19.9 Å². The van der Waals surface area contributed by atoms with Crippen molar-refractivity contribution in [2.75, 3.05) is 13.2 Å². The van der Waals surface area contributed by atoms with E-state index in [1.165, 1.54) is 0 Å². The Hall–Kier alpha value is 0.140. The van der Waals surface area contributed by atoms with Crippen LogP contribution in [0.4, 0.5) is 0 Å². The van der Waals surface area contributed by atoms with Crippen molar-refractivity contribution in [3.05, 3.63) is 11.1 Å². The molecule has 0 aromatic heterocycles. The Morgan fingerprint density at radius 3 is 2.55 bits per heavy atom. The lowest BCUT2D eigenvalue weighted by Gasteiger charge is -2.18. The molecular formula is C8H16BrNO. The molecule has 0 spiro atoms. The van der Waals surface area contributed by atoms with E-state index < -0.39 is 0 Å². The molecule has 0 aliphatic rings. The van der Waals surface area contributed by atoms with Gasteiger partial charge in [0.05, 0.1) is 0 Å². The molecule has 2 nitrogen and oxygen atoms in total. The topological polar surface area (TPSA) is 32.3 Å². The summed E-state index contributed by atoms with van der Waals surface area (Å²) in [4.78, 5) is 0. The van der Waals surface area contributed by atoms with E-state index in [2.05, 4.69) is 34.7 Å². The van der Waals surface area contributed by atoms with Crippen LogP contribution in [0.3, 0.4) is 0 Å². The third-order valence-corrected chi connectivity index (χ3v) is 2.04. The molecule has 2 unspecified atom stereocenters.